The average Bonchev–Trinajstić information content (AvgIpc) is 3.25. The summed E-state index contributed by atoms with van der Waals surface area (Å²) >= 11 is 1.80. The molecule has 2 N–H and O–H groups in total. The molecule has 0 bridgehead atoms. The van der Waals surface area contributed by atoms with E-state index in [1.165, 1.54) is 47.2 Å². The molecule has 0 radical (unpaired) electrons. The summed E-state index contributed by atoms with van der Waals surface area (Å²) in [5.74, 6) is 0.833. The normalized spacial score (nSPS) is 15.5. The van der Waals surface area contributed by atoms with E-state index < -0.39 is 0 Å². The molecule has 1 aromatic heterocycles. The van der Waals surface area contributed by atoms with Gasteiger partial charge >= 0.3 is 0 Å². The van der Waals surface area contributed by atoms with Crippen LogP contribution in [0.2, 0.25) is 0 Å². The molecule has 6 nitrogen and oxygen atoms in total. The van der Waals surface area contributed by atoms with Gasteiger partial charge in [0.05, 0.1) is 5.01 Å². The van der Waals surface area contributed by atoms with Gasteiger partial charge in [0.2, 0.25) is 0 Å². The second-order valence-corrected chi connectivity index (χ2v) is 8.90. The Morgan fingerprint density at radius 2 is 1.71 bits per heavy atom. The van der Waals surface area contributed by atoms with Crippen LogP contribution in [0.5, 0.6) is 0 Å². The fourth-order valence-electron chi connectivity index (χ4n) is 3.61. The van der Waals surface area contributed by atoms with E-state index in [1.807, 2.05) is 13.2 Å². The van der Waals surface area contributed by atoms with Crippen LogP contribution in [0, 0.1) is 0 Å². The van der Waals surface area contributed by atoms with Gasteiger partial charge in [-0.3, -0.25) is 9.89 Å². The first kappa shape index (κ1) is 26.0. The van der Waals surface area contributed by atoms with Gasteiger partial charge in [0.25, 0.3) is 0 Å². The number of aromatic nitrogens is 1. The summed E-state index contributed by atoms with van der Waals surface area (Å²) < 4.78 is 0. The van der Waals surface area contributed by atoms with Gasteiger partial charge in [0, 0.05) is 70.4 Å². The van der Waals surface area contributed by atoms with Crippen molar-refractivity contribution in [3.63, 3.8) is 0 Å². The lowest BCUT2D eigenvalue weighted by Crippen LogP contribution is -2.45. The number of rotatable bonds is 9. The molecule has 0 amide bonds. The highest BCUT2D eigenvalue weighted by atomic mass is 127. The van der Waals surface area contributed by atoms with Crippen LogP contribution in [0.3, 0.4) is 0 Å². The Kier molecular flexibility index (Phi) is 11.8. The summed E-state index contributed by atoms with van der Waals surface area (Å²) in [4.78, 5) is 15.2. The number of nitrogens with zero attached hydrogens (tertiary/aromatic N) is 4. The minimum atomic E-state index is 0. The van der Waals surface area contributed by atoms with Crippen molar-refractivity contribution in [3.8, 4) is 0 Å². The molecule has 0 aliphatic carbocycles. The van der Waals surface area contributed by atoms with E-state index in [4.69, 9.17) is 0 Å². The van der Waals surface area contributed by atoms with Crippen LogP contribution in [0.4, 0.5) is 0 Å². The monoisotopic (exact) mass is 556 g/mol. The van der Waals surface area contributed by atoms with E-state index in [-0.39, 0.29) is 24.0 Å². The predicted molar refractivity (Wildman–Crippen MR) is 143 cm³/mol. The summed E-state index contributed by atoms with van der Waals surface area (Å²) in [7, 11) is 1.81. The van der Waals surface area contributed by atoms with Gasteiger partial charge in [0.1, 0.15) is 0 Å². The first-order chi connectivity index (χ1) is 14.7. The minimum Gasteiger partial charge on any atom is -0.356 e. The summed E-state index contributed by atoms with van der Waals surface area (Å²) in [6, 6.07) is 8.96. The lowest BCUT2D eigenvalue weighted by atomic mass is 10.1. The van der Waals surface area contributed by atoms with Crippen molar-refractivity contribution in [3.05, 3.63) is 51.5 Å². The number of benzene rings is 1. The van der Waals surface area contributed by atoms with Gasteiger partial charge in [-0.1, -0.05) is 38.1 Å². The fourth-order valence-corrected chi connectivity index (χ4v) is 4.47. The number of hydrogen-bond donors (Lipinski definition) is 2. The molecule has 0 unspecified atom stereocenters. The molecular weight excluding hydrogens is 519 g/mol. The average molecular weight is 557 g/mol. The highest BCUT2D eigenvalue weighted by molar-refractivity contribution is 14.0. The van der Waals surface area contributed by atoms with Crippen LogP contribution in [0.1, 0.15) is 34.9 Å². The van der Waals surface area contributed by atoms with Crippen LogP contribution >= 0.6 is 35.3 Å². The molecule has 1 fully saturated rings. The largest absolute Gasteiger partial charge is 0.356 e. The topological polar surface area (TPSA) is 55.8 Å². The molecule has 1 aliphatic heterocycles. The third-order valence-electron chi connectivity index (χ3n) is 5.61. The molecule has 3 rings (SSSR count). The number of hydrogen-bond acceptors (Lipinski definition) is 5. The Morgan fingerprint density at radius 3 is 2.32 bits per heavy atom. The molecular formula is C23H37IN6S. The van der Waals surface area contributed by atoms with Crippen molar-refractivity contribution in [2.24, 2.45) is 4.99 Å². The summed E-state index contributed by atoms with van der Waals surface area (Å²) in [5.41, 5.74) is 2.66. The van der Waals surface area contributed by atoms with E-state index in [1.54, 1.807) is 11.3 Å². The van der Waals surface area contributed by atoms with Crippen molar-refractivity contribution in [2.75, 3.05) is 46.3 Å². The second kappa shape index (κ2) is 14.0. The smallest absolute Gasteiger partial charge is 0.191 e. The molecule has 0 atom stereocenters. The van der Waals surface area contributed by atoms with Crippen molar-refractivity contribution in [1.82, 2.24) is 25.4 Å². The fraction of sp³-hybridized carbons (Fsp3) is 0.565. The first-order valence-electron chi connectivity index (χ1n) is 11.1. The van der Waals surface area contributed by atoms with Crippen LogP contribution in [0.25, 0.3) is 0 Å². The molecule has 1 aromatic carbocycles. The molecule has 2 aromatic rings. The maximum Gasteiger partial charge on any atom is 0.191 e. The molecule has 0 spiro atoms. The molecule has 31 heavy (non-hydrogen) atoms. The molecule has 8 heteroatoms. The number of aliphatic imine (C=N–C) groups is 1. The van der Waals surface area contributed by atoms with Gasteiger partial charge in [-0.15, -0.1) is 35.3 Å². The quantitative estimate of drug-likeness (QED) is 0.282. The number of nitrogens with one attached hydrogen (secondary N) is 2. The van der Waals surface area contributed by atoms with Crippen molar-refractivity contribution in [2.45, 2.75) is 39.8 Å². The Balaban J connectivity index is 0.00000341. The van der Waals surface area contributed by atoms with Gasteiger partial charge in [-0.05, 0) is 24.1 Å². The molecule has 1 aliphatic rings. The number of piperazine rings is 1. The predicted octanol–water partition coefficient (Wildman–Crippen LogP) is 3.37. The highest BCUT2D eigenvalue weighted by Gasteiger charge is 2.15. The van der Waals surface area contributed by atoms with E-state index in [0.717, 1.165) is 45.0 Å². The summed E-state index contributed by atoms with van der Waals surface area (Å²) in [5, 5.41) is 7.97. The van der Waals surface area contributed by atoms with Gasteiger partial charge in [-0.2, -0.15) is 0 Å². The third-order valence-corrected chi connectivity index (χ3v) is 6.81. The Morgan fingerprint density at radius 1 is 1.03 bits per heavy atom. The lowest BCUT2D eigenvalue weighted by molar-refractivity contribution is 0.132. The van der Waals surface area contributed by atoms with E-state index >= 15 is 0 Å². The highest BCUT2D eigenvalue weighted by Crippen LogP contribution is 2.13. The zero-order valence-corrected chi connectivity index (χ0v) is 22.2. The van der Waals surface area contributed by atoms with Crippen LogP contribution in [0.15, 0.2) is 35.5 Å². The zero-order valence-electron chi connectivity index (χ0n) is 19.1. The standard InChI is InChI=1S/C23H36N6S.HI/c1-4-21-17-26-22(30-21)10-11-25-23(24-3)27-16-19-6-8-20(9-7-19)18-29-14-12-28(5-2)13-15-29;/h6-9,17H,4-5,10-16,18H2,1-3H3,(H2,24,25,27);1H. The number of aryl methyl sites for hydroxylation is 1. The Bertz CT molecular complexity index is 784. The van der Waals surface area contributed by atoms with E-state index in [2.05, 4.69) is 68.5 Å². The van der Waals surface area contributed by atoms with Gasteiger partial charge in [-0.25, -0.2) is 4.98 Å². The maximum absolute atomic E-state index is 4.47. The Hall–Kier alpha value is -1.23. The van der Waals surface area contributed by atoms with Crippen molar-refractivity contribution in [1.29, 1.82) is 0 Å². The third kappa shape index (κ3) is 8.67. The second-order valence-electron chi connectivity index (χ2n) is 7.70. The van der Waals surface area contributed by atoms with Crippen molar-refractivity contribution >= 4 is 41.3 Å². The molecule has 0 saturated carbocycles. The maximum atomic E-state index is 4.47. The van der Waals surface area contributed by atoms with Crippen molar-refractivity contribution < 1.29 is 0 Å². The summed E-state index contributed by atoms with van der Waals surface area (Å²) in [6.07, 6.45) is 3.97. The van der Waals surface area contributed by atoms with Crippen LogP contribution in [-0.2, 0) is 25.9 Å². The molecule has 2 heterocycles. The van der Waals surface area contributed by atoms with Gasteiger partial charge in [0.15, 0.2) is 5.96 Å². The lowest BCUT2D eigenvalue weighted by Gasteiger charge is -2.34. The SMILES string of the molecule is CCc1cnc(CCNC(=NC)NCc2ccc(CN3CCN(CC)CC3)cc2)s1.I. The Labute approximate surface area is 208 Å². The number of thiazole rings is 1. The van der Waals surface area contributed by atoms with E-state index in [0.29, 0.717) is 0 Å². The van der Waals surface area contributed by atoms with Gasteiger partial charge < -0.3 is 15.5 Å². The summed E-state index contributed by atoms with van der Waals surface area (Å²) in [6.45, 7) is 12.9. The molecule has 172 valence electrons. The van der Waals surface area contributed by atoms with Crippen LogP contribution < -0.4 is 10.6 Å². The number of halogens is 1. The first-order valence-corrected chi connectivity index (χ1v) is 11.9. The van der Waals surface area contributed by atoms with Crippen LogP contribution in [-0.4, -0.2) is 67.1 Å². The molecule has 1 saturated heterocycles. The zero-order chi connectivity index (χ0) is 21.2. The number of guanidine groups is 1. The number of likely N-dealkylation sites (N-methyl/N-ethyl adjacent to an activating group) is 1. The minimum absolute atomic E-state index is 0. The van der Waals surface area contributed by atoms with E-state index in [9.17, 15) is 0 Å².